The molecule has 2 N–H and O–H groups in total. The monoisotopic (exact) mass is 408 g/mol. The highest BCUT2D eigenvalue weighted by molar-refractivity contribution is 6.19. The zero-order valence-electron chi connectivity index (χ0n) is 16.0. The fourth-order valence-electron chi connectivity index (χ4n) is 2.94. The Morgan fingerprint density at radius 1 is 1.21 bits per heavy atom. The Balaban J connectivity index is 2.82. The number of hydrogen-bond donors (Lipinski definition) is 1. The van der Waals surface area contributed by atoms with Crippen LogP contribution in [0, 0.1) is 11.3 Å². The second-order valence-corrected chi connectivity index (χ2v) is 5.83. The van der Waals surface area contributed by atoms with Gasteiger partial charge in [-0.3, -0.25) is 0 Å². The molecule has 1 atom stereocenters. The number of methoxy groups -OCH3 is 3. The number of alkyl halides is 1. The average Bonchev–Trinajstić information content (AvgIpc) is 2.71. The number of carbonyl (C=O) groups excluding carboxylic acids is 1. The van der Waals surface area contributed by atoms with E-state index in [1.165, 1.54) is 21.3 Å². The summed E-state index contributed by atoms with van der Waals surface area (Å²) in [4.78, 5) is 12.7. The van der Waals surface area contributed by atoms with E-state index in [2.05, 4.69) is 0 Å². The number of carbonyl (C=O) groups is 1. The molecule has 0 bridgehead atoms. The predicted molar refractivity (Wildman–Crippen MR) is 101 cm³/mol. The van der Waals surface area contributed by atoms with E-state index in [1.807, 2.05) is 6.07 Å². The number of nitrogens with two attached hydrogens (primary N) is 1. The number of halogens is 1. The first-order valence-corrected chi connectivity index (χ1v) is 8.84. The first-order valence-electron chi connectivity index (χ1n) is 8.30. The third kappa shape index (κ3) is 3.80. The van der Waals surface area contributed by atoms with Crippen LogP contribution in [-0.4, -0.2) is 39.8 Å². The van der Waals surface area contributed by atoms with Gasteiger partial charge >= 0.3 is 5.97 Å². The van der Waals surface area contributed by atoms with E-state index < -0.39 is 11.9 Å². The first kappa shape index (κ1) is 21.3. The third-order valence-corrected chi connectivity index (χ3v) is 4.40. The summed E-state index contributed by atoms with van der Waals surface area (Å²) in [5, 5.41) is 9.70. The van der Waals surface area contributed by atoms with Gasteiger partial charge in [0.25, 0.3) is 0 Å². The Kier molecular flexibility index (Phi) is 7.01. The van der Waals surface area contributed by atoms with Gasteiger partial charge in [0.1, 0.15) is 23.2 Å². The SMILES string of the molecule is CCOC(=O)C1=C(CCl)OC(N)=C(C#N)C1c1cc(OC)c(OC)cc1OC. The Hall–Kier alpha value is -3.05. The summed E-state index contributed by atoms with van der Waals surface area (Å²) in [5.41, 5.74) is 6.49. The lowest BCUT2D eigenvalue weighted by Gasteiger charge is -2.28. The van der Waals surface area contributed by atoms with Gasteiger partial charge in [0.2, 0.25) is 5.88 Å². The lowest BCUT2D eigenvalue weighted by atomic mass is 9.82. The molecule has 1 unspecified atom stereocenters. The van der Waals surface area contributed by atoms with E-state index in [9.17, 15) is 10.1 Å². The Morgan fingerprint density at radius 3 is 2.32 bits per heavy atom. The highest BCUT2D eigenvalue weighted by atomic mass is 35.5. The van der Waals surface area contributed by atoms with E-state index in [1.54, 1.807) is 19.1 Å². The Labute approximate surface area is 168 Å². The van der Waals surface area contributed by atoms with E-state index in [4.69, 9.17) is 41.0 Å². The molecular formula is C19H21ClN2O6. The first-order chi connectivity index (χ1) is 13.5. The molecule has 0 aliphatic carbocycles. The topological polar surface area (TPSA) is 113 Å². The van der Waals surface area contributed by atoms with Gasteiger partial charge in [-0.1, -0.05) is 0 Å². The summed E-state index contributed by atoms with van der Waals surface area (Å²) in [6, 6.07) is 5.22. The molecule has 2 rings (SSSR count). The van der Waals surface area contributed by atoms with Gasteiger partial charge in [0.15, 0.2) is 11.5 Å². The summed E-state index contributed by atoms with van der Waals surface area (Å²) < 4.78 is 26.7. The molecule has 0 saturated carbocycles. The van der Waals surface area contributed by atoms with Crippen LogP contribution in [0.4, 0.5) is 0 Å². The molecule has 1 aromatic carbocycles. The molecule has 9 heteroatoms. The van der Waals surface area contributed by atoms with Crippen LogP contribution in [0.15, 0.2) is 34.9 Å². The second-order valence-electron chi connectivity index (χ2n) is 5.56. The molecule has 150 valence electrons. The minimum Gasteiger partial charge on any atom is -0.496 e. The normalized spacial score (nSPS) is 16.2. The molecule has 0 radical (unpaired) electrons. The summed E-state index contributed by atoms with van der Waals surface area (Å²) >= 11 is 5.98. The molecule has 0 saturated heterocycles. The van der Waals surface area contributed by atoms with Gasteiger partial charge in [0, 0.05) is 11.6 Å². The molecule has 0 fully saturated rings. The number of benzene rings is 1. The quantitative estimate of drug-likeness (QED) is 0.541. The molecule has 1 heterocycles. The van der Waals surface area contributed by atoms with Gasteiger partial charge < -0.3 is 29.4 Å². The maximum Gasteiger partial charge on any atom is 0.338 e. The number of rotatable bonds is 7. The minimum absolute atomic E-state index is 0.0300. The van der Waals surface area contributed by atoms with Crippen molar-refractivity contribution in [3.8, 4) is 23.3 Å². The van der Waals surface area contributed by atoms with E-state index >= 15 is 0 Å². The largest absolute Gasteiger partial charge is 0.496 e. The van der Waals surface area contributed by atoms with Crippen molar-refractivity contribution >= 4 is 17.6 Å². The van der Waals surface area contributed by atoms with Crippen LogP contribution in [-0.2, 0) is 14.3 Å². The third-order valence-electron chi connectivity index (χ3n) is 4.16. The van der Waals surface area contributed by atoms with Crippen LogP contribution in [0.1, 0.15) is 18.4 Å². The number of esters is 1. The standard InChI is InChI=1S/C19H21ClN2O6/c1-5-27-19(23)17-15(8-20)28-18(22)11(9-21)16(17)10-6-13(25-3)14(26-4)7-12(10)24-2/h6-7,16H,5,8,22H2,1-4H3. The molecule has 1 aliphatic rings. The van der Waals surface area contributed by atoms with Crippen molar-refractivity contribution in [2.75, 3.05) is 33.8 Å². The van der Waals surface area contributed by atoms with Gasteiger partial charge in [-0.25, -0.2) is 4.79 Å². The smallest absolute Gasteiger partial charge is 0.338 e. The summed E-state index contributed by atoms with van der Waals surface area (Å²) in [7, 11) is 4.42. The number of allylic oxidation sites excluding steroid dienone is 2. The van der Waals surface area contributed by atoms with Crippen LogP contribution < -0.4 is 19.9 Å². The molecule has 8 nitrogen and oxygen atoms in total. The number of ether oxygens (including phenoxy) is 5. The number of nitrogens with zero attached hydrogens (tertiary/aromatic N) is 1. The molecule has 1 aliphatic heterocycles. The predicted octanol–water partition coefficient (Wildman–Crippen LogP) is 2.58. The fourth-order valence-corrected chi connectivity index (χ4v) is 3.14. The van der Waals surface area contributed by atoms with Crippen LogP contribution in [0.25, 0.3) is 0 Å². The number of hydrogen-bond acceptors (Lipinski definition) is 8. The molecule has 0 amide bonds. The van der Waals surface area contributed by atoms with Crippen molar-refractivity contribution in [1.82, 2.24) is 0 Å². The molecule has 28 heavy (non-hydrogen) atoms. The molecular weight excluding hydrogens is 388 g/mol. The van der Waals surface area contributed by atoms with E-state index in [-0.39, 0.29) is 35.3 Å². The maximum absolute atomic E-state index is 12.7. The van der Waals surface area contributed by atoms with E-state index in [0.29, 0.717) is 22.8 Å². The lowest BCUT2D eigenvalue weighted by molar-refractivity contribution is -0.139. The van der Waals surface area contributed by atoms with Crippen molar-refractivity contribution in [2.24, 2.45) is 5.73 Å². The maximum atomic E-state index is 12.7. The van der Waals surface area contributed by atoms with Crippen LogP contribution in [0.5, 0.6) is 17.2 Å². The summed E-state index contributed by atoms with van der Waals surface area (Å²) in [6.07, 6.45) is 0. The Morgan fingerprint density at radius 2 is 1.82 bits per heavy atom. The van der Waals surface area contributed by atoms with Crippen molar-refractivity contribution < 1.29 is 28.5 Å². The highest BCUT2D eigenvalue weighted by Crippen LogP contribution is 2.46. The average molecular weight is 409 g/mol. The molecule has 1 aromatic rings. The van der Waals surface area contributed by atoms with Crippen LogP contribution in [0.3, 0.4) is 0 Å². The summed E-state index contributed by atoms with van der Waals surface area (Å²) in [6.45, 7) is 1.80. The molecule has 0 aromatic heterocycles. The minimum atomic E-state index is -0.915. The fraction of sp³-hybridized carbons (Fsp3) is 0.368. The van der Waals surface area contributed by atoms with E-state index in [0.717, 1.165) is 0 Å². The van der Waals surface area contributed by atoms with Crippen molar-refractivity contribution in [2.45, 2.75) is 12.8 Å². The van der Waals surface area contributed by atoms with Crippen molar-refractivity contribution in [3.05, 3.63) is 40.5 Å². The summed E-state index contributed by atoms with van der Waals surface area (Å²) in [5.74, 6) is -0.588. The number of nitriles is 1. The molecule has 0 spiro atoms. The Bertz CT molecular complexity index is 872. The zero-order valence-corrected chi connectivity index (χ0v) is 16.8. The van der Waals surface area contributed by atoms with Gasteiger partial charge in [-0.15, -0.1) is 11.6 Å². The lowest BCUT2D eigenvalue weighted by Crippen LogP contribution is -2.27. The van der Waals surface area contributed by atoms with Gasteiger partial charge in [-0.2, -0.15) is 5.26 Å². The van der Waals surface area contributed by atoms with Gasteiger partial charge in [-0.05, 0) is 13.0 Å². The van der Waals surface area contributed by atoms with Crippen LogP contribution in [0.2, 0.25) is 0 Å². The zero-order chi connectivity index (χ0) is 20.8. The van der Waals surface area contributed by atoms with Crippen LogP contribution >= 0.6 is 11.6 Å². The van der Waals surface area contributed by atoms with Crippen molar-refractivity contribution in [1.29, 1.82) is 5.26 Å². The second kappa shape index (κ2) is 9.24. The van der Waals surface area contributed by atoms with Crippen molar-refractivity contribution in [3.63, 3.8) is 0 Å². The highest BCUT2D eigenvalue weighted by Gasteiger charge is 2.39. The van der Waals surface area contributed by atoms with Gasteiger partial charge in [0.05, 0.1) is 45.3 Å².